The molecule has 0 aliphatic carbocycles. The van der Waals surface area contributed by atoms with Crippen LogP contribution < -0.4 is 14.8 Å². The number of piperidine rings is 1. The normalized spacial score (nSPS) is 32.5. The fourth-order valence-electron chi connectivity index (χ4n) is 2.72. The summed E-state index contributed by atoms with van der Waals surface area (Å²) in [5, 5.41) is 3.49. The molecule has 102 valence electrons. The van der Waals surface area contributed by atoms with E-state index in [2.05, 4.69) is 14.8 Å². The van der Waals surface area contributed by atoms with Gasteiger partial charge in [-0.2, -0.15) is 17.9 Å². The number of hydrogen-bond donors (Lipinski definition) is 3. The summed E-state index contributed by atoms with van der Waals surface area (Å²) in [5.74, 6) is 0. The summed E-state index contributed by atoms with van der Waals surface area (Å²) in [6.45, 7) is 3.65. The Morgan fingerprint density at radius 3 is 2.18 bits per heavy atom. The van der Waals surface area contributed by atoms with Crippen LogP contribution in [-0.4, -0.2) is 32.6 Å². The number of fused-ring (bicyclic) bond motifs is 2. The first-order valence-electron chi connectivity index (χ1n) is 6.00. The molecule has 2 fully saturated rings. The lowest BCUT2D eigenvalue weighted by molar-refractivity contribution is 0.344. The molecule has 0 spiro atoms. The van der Waals surface area contributed by atoms with Crippen molar-refractivity contribution in [2.45, 2.75) is 63.7 Å². The van der Waals surface area contributed by atoms with Crippen molar-refractivity contribution < 1.29 is 8.42 Å². The molecular weight excluding hydrogens is 262 g/mol. The second-order valence-corrected chi connectivity index (χ2v) is 6.68. The topological polar surface area (TPSA) is 70.2 Å². The third-order valence-electron chi connectivity index (χ3n) is 3.19. The van der Waals surface area contributed by atoms with Crippen molar-refractivity contribution in [3.8, 4) is 0 Å². The van der Waals surface area contributed by atoms with Crippen LogP contribution in [0.2, 0.25) is 0 Å². The molecule has 5 nitrogen and oxygen atoms in total. The molecule has 0 aromatic carbocycles. The summed E-state index contributed by atoms with van der Waals surface area (Å²) >= 11 is 0. The van der Waals surface area contributed by atoms with Crippen LogP contribution in [0.3, 0.4) is 0 Å². The predicted octanol–water partition coefficient (Wildman–Crippen LogP) is 0.524. The van der Waals surface area contributed by atoms with Gasteiger partial charge in [-0.25, -0.2) is 0 Å². The van der Waals surface area contributed by atoms with E-state index in [0.29, 0.717) is 12.1 Å². The third-order valence-corrected chi connectivity index (χ3v) is 4.61. The number of hydrogen-bond acceptors (Lipinski definition) is 3. The molecule has 2 unspecified atom stereocenters. The third kappa shape index (κ3) is 4.37. The van der Waals surface area contributed by atoms with Gasteiger partial charge in [0.05, 0.1) is 0 Å². The monoisotopic (exact) mass is 283 g/mol. The van der Waals surface area contributed by atoms with Crippen molar-refractivity contribution >= 4 is 22.6 Å². The Kier molecular flexibility index (Phi) is 5.21. The minimum absolute atomic E-state index is 0. The summed E-state index contributed by atoms with van der Waals surface area (Å²) in [6.07, 6.45) is 4.19. The molecule has 2 aliphatic rings. The van der Waals surface area contributed by atoms with E-state index in [4.69, 9.17) is 0 Å². The molecular formula is C10H22ClN3O2S. The quantitative estimate of drug-likeness (QED) is 0.705. The summed E-state index contributed by atoms with van der Waals surface area (Å²) in [6, 6.07) is 1.04. The molecule has 2 bridgehead atoms. The predicted molar refractivity (Wildman–Crippen MR) is 70.5 cm³/mol. The first-order valence-corrected chi connectivity index (χ1v) is 7.48. The lowest BCUT2D eigenvalue weighted by atomic mass is 10.0. The maximum atomic E-state index is 11.7. The van der Waals surface area contributed by atoms with Gasteiger partial charge in [0.2, 0.25) is 0 Å². The first kappa shape index (κ1) is 15.2. The second kappa shape index (κ2) is 5.84. The Bertz CT molecular complexity index is 335. The smallest absolute Gasteiger partial charge is 0.277 e. The summed E-state index contributed by atoms with van der Waals surface area (Å²) in [5.41, 5.74) is 0. The van der Waals surface area contributed by atoms with Gasteiger partial charge in [0, 0.05) is 24.2 Å². The molecule has 17 heavy (non-hydrogen) atoms. The Morgan fingerprint density at radius 2 is 1.71 bits per heavy atom. The highest BCUT2D eigenvalue weighted by Crippen LogP contribution is 2.26. The highest BCUT2D eigenvalue weighted by Gasteiger charge is 2.35. The van der Waals surface area contributed by atoms with Gasteiger partial charge >= 0.3 is 0 Å². The molecule has 2 aliphatic heterocycles. The molecule has 2 atom stereocenters. The van der Waals surface area contributed by atoms with Gasteiger partial charge in [-0.3, -0.25) is 0 Å². The molecule has 0 aromatic rings. The van der Waals surface area contributed by atoms with Crippen molar-refractivity contribution in [2.75, 3.05) is 0 Å². The maximum absolute atomic E-state index is 11.7. The largest absolute Gasteiger partial charge is 0.311 e. The molecule has 7 heteroatoms. The Morgan fingerprint density at radius 1 is 1.18 bits per heavy atom. The average Bonchev–Trinajstić information content (AvgIpc) is 2.42. The average molecular weight is 284 g/mol. The van der Waals surface area contributed by atoms with Gasteiger partial charge in [0.15, 0.2) is 0 Å². The van der Waals surface area contributed by atoms with E-state index in [1.54, 1.807) is 0 Å². The van der Waals surface area contributed by atoms with Gasteiger partial charge in [0.25, 0.3) is 10.2 Å². The highest BCUT2D eigenvalue weighted by atomic mass is 35.5. The van der Waals surface area contributed by atoms with Gasteiger partial charge in [-0.15, -0.1) is 12.4 Å². The van der Waals surface area contributed by atoms with Crippen molar-refractivity contribution in [3.63, 3.8) is 0 Å². The van der Waals surface area contributed by atoms with Crippen molar-refractivity contribution in [2.24, 2.45) is 0 Å². The highest BCUT2D eigenvalue weighted by molar-refractivity contribution is 7.87. The molecule has 0 aromatic heterocycles. The van der Waals surface area contributed by atoms with Crippen LogP contribution in [0.15, 0.2) is 0 Å². The van der Waals surface area contributed by atoms with Crippen LogP contribution in [0.4, 0.5) is 0 Å². The lowest BCUT2D eigenvalue weighted by Crippen LogP contribution is -2.51. The standard InChI is InChI=1S/C10H21N3O2S.ClH/c1-7(2)12-16(14,15)13-10-5-8-3-4-9(6-10)11-8;/h7-13H,3-6H2,1-2H3;1H. The van der Waals surface area contributed by atoms with E-state index < -0.39 is 10.2 Å². The Hall–Kier alpha value is 0.120. The Balaban J connectivity index is 0.00000144. The van der Waals surface area contributed by atoms with Crippen LogP contribution in [-0.2, 0) is 10.2 Å². The first-order chi connectivity index (χ1) is 7.44. The lowest BCUT2D eigenvalue weighted by Gasteiger charge is -2.29. The van der Waals surface area contributed by atoms with Crippen LogP contribution in [0.1, 0.15) is 39.5 Å². The van der Waals surface area contributed by atoms with Gasteiger partial charge in [0.1, 0.15) is 0 Å². The summed E-state index contributed by atoms with van der Waals surface area (Å²) in [4.78, 5) is 0. The number of rotatable bonds is 4. The van der Waals surface area contributed by atoms with Gasteiger partial charge in [-0.1, -0.05) is 0 Å². The fourth-order valence-corrected chi connectivity index (χ4v) is 4.04. The number of nitrogens with one attached hydrogen (secondary N) is 3. The molecule has 0 saturated carbocycles. The van der Waals surface area contributed by atoms with Crippen LogP contribution >= 0.6 is 12.4 Å². The summed E-state index contributed by atoms with van der Waals surface area (Å²) in [7, 11) is -3.33. The molecule has 2 heterocycles. The van der Waals surface area contributed by atoms with E-state index in [9.17, 15) is 8.42 Å². The van der Waals surface area contributed by atoms with Crippen LogP contribution in [0, 0.1) is 0 Å². The SMILES string of the molecule is CC(C)NS(=O)(=O)NC1CC2CCC(C1)N2.Cl. The molecule has 3 N–H and O–H groups in total. The van der Waals surface area contributed by atoms with Crippen molar-refractivity contribution in [3.05, 3.63) is 0 Å². The zero-order valence-electron chi connectivity index (χ0n) is 10.3. The van der Waals surface area contributed by atoms with E-state index in [1.165, 1.54) is 12.8 Å². The van der Waals surface area contributed by atoms with Gasteiger partial charge < -0.3 is 5.32 Å². The molecule has 0 amide bonds. The van der Waals surface area contributed by atoms with Crippen LogP contribution in [0.5, 0.6) is 0 Å². The van der Waals surface area contributed by atoms with E-state index in [0.717, 1.165) is 12.8 Å². The summed E-state index contributed by atoms with van der Waals surface area (Å²) < 4.78 is 28.7. The molecule has 2 saturated heterocycles. The Labute approximate surface area is 110 Å². The van der Waals surface area contributed by atoms with Crippen LogP contribution in [0.25, 0.3) is 0 Å². The van der Waals surface area contributed by atoms with E-state index >= 15 is 0 Å². The zero-order chi connectivity index (χ0) is 11.8. The molecule has 0 radical (unpaired) electrons. The fraction of sp³-hybridized carbons (Fsp3) is 1.00. The minimum Gasteiger partial charge on any atom is -0.311 e. The van der Waals surface area contributed by atoms with Crippen molar-refractivity contribution in [1.29, 1.82) is 0 Å². The maximum Gasteiger partial charge on any atom is 0.277 e. The minimum atomic E-state index is -3.33. The van der Waals surface area contributed by atoms with Gasteiger partial charge in [-0.05, 0) is 39.5 Å². The molecule has 2 rings (SSSR count). The number of halogens is 1. The zero-order valence-corrected chi connectivity index (χ0v) is 11.9. The second-order valence-electron chi connectivity index (χ2n) is 5.20. The van der Waals surface area contributed by atoms with Crippen molar-refractivity contribution in [1.82, 2.24) is 14.8 Å². The van der Waals surface area contributed by atoms with E-state index in [-0.39, 0.29) is 24.5 Å². The van der Waals surface area contributed by atoms with E-state index in [1.807, 2.05) is 13.8 Å².